The maximum Gasteiger partial charge on any atom is 0.0753 e. The molecule has 1 saturated heterocycles. The van der Waals surface area contributed by atoms with Crippen LogP contribution in [-0.4, -0.2) is 36.0 Å². The SMILES string of the molecule is Cn1cc(N2CCNCC2)cn1. The number of rotatable bonds is 1. The maximum absolute atomic E-state index is 4.15. The number of hydrogen-bond acceptors (Lipinski definition) is 3. The van der Waals surface area contributed by atoms with Gasteiger partial charge in [0, 0.05) is 39.4 Å². The Morgan fingerprint density at radius 3 is 2.75 bits per heavy atom. The molecule has 12 heavy (non-hydrogen) atoms. The highest BCUT2D eigenvalue weighted by molar-refractivity contribution is 5.42. The number of aromatic nitrogens is 2. The van der Waals surface area contributed by atoms with Gasteiger partial charge < -0.3 is 10.2 Å². The third-order valence-corrected chi connectivity index (χ3v) is 2.17. The van der Waals surface area contributed by atoms with Crippen LogP contribution in [0.4, 0.5) is 5.69 Å². The van der Waals surface area contributed by atoms with Crippen molar-refractivity contribution in [2.45, 2.75) is 0 Å². The van der Waals surface area contributed by atoms with Crippen LogP contribution in [-0.2, 0) is 7.05 Å². The fourth-order valence-corrected chi connectivity index (χ4v) is 1.49. The number of nitrogens with one attached hydrogen (secondary N) is 1. The molecule has 2 heterocycles. The Morgan fingerprint density at radius 2 is 2.17 bits per heavy atom. The normalized spacial score (nSPS) is 18.2. The highest BCUT2D eigenvalue weighted by Crippen LogP contribution is 2.11. The second-order valence-corrected chi connectivity index (χ2v) is 3.11. The molecule has 1 aromatic heterocycles. The Kier molecular flexibility index (Phi) is 1.99. The summed E-state index contributed by atoms with van der Waals surface area (Å²) in [6, 6.07) is 0. The summed E-state index contributed by atoms with van der Waals surface area (Å²) in [5.74, 6) is 0. The number of piperazine rings is 1. The molecule has 2 rings (SSSR count). The van der Waals surface area contributed by atoms with Crippen LogP contribution in [0.3, 0.4) is 0 Å². The molecule has 0 unspecified atom stereocenters. The lowest BCUT2D eigenvalue weighted by molar-refractivity contribution is 0.589. The minimum absolute atomic E-state index is 1.08. The molecule has 1 aliphatic rings. The summed E-state index contributed by atoms with van der Waals surface area (Å²) < 4.78 is 1.84. The van der Waals surface area contributed by atoms with Crippen LogP contribution < -0.4 is 10.2 Å². The highest BCUT2D eigenvalue weighted by Gasteiger charge is 2.10. The third kappa shape index (κ3) is 1.43. The van der Waals surface area contributed by atoms with E-state index in [0.29, 0.717) is 0 Å². The van der Waals surface area contributed by atoms with Gasteiger partial charge in [-0.3, -0.25) is 4.68 Å². The van der Waals surface area contributed by atoms with Crippen LogP contribution in [0.15, 0.2) is 12.4 Å². The Bertz CT molecular complexity index is 249. The van der Waals surface area contributed by atoms with E-state index in [1.807, 2.05) is 17.9 Å². The Balaban J connectivity index is 2.08. The first-order valence-electron chi connectivity index (χ1n) is 4.30. The van der Waals surface area contributed by atoms with Gasteiger partial charge in [0.15, 0.2) is 0 Å². The quantitative estimate of drug-likeness (QED) is 0.629. The lowest BCUT2D eigenvalue weighted by Gasteiger charge is -2.27. The molecule has 1 aliphatic heterocycles. The van der Waals surface area contributed by atoms with E-state index in [1.165, 1.54) is 5.69 Å². The summed E-state index contributed by atoms with van der Waals surface area (Å²) >= 11 is 0. The highest BCUT2D eigenvalue weighted by atomic mass is 15.3. The van der Waals surface area contributed by atoms with E-state index in [9.17, 15) is 0 Å². The lowest BCUT2D eigenvalue weighted by Crippen LogP contribution is -2.43. The van der Waals surface area contributed by atoms with Crippen LogP contribution in [0.1, 0.15) is 0 Å². The van der Waals surface area contributed by atoms with Gasteiger partial charge in [-0.05, 0) is 0 Å². The molecule has 0 atom stereocenters. The summed E-state index contributed by atoms with van der Waals surface area (Å²) in [4.78, 5) is 2.35. The average molecular weight is 166 g/mol. The second kappa shape index (κ2) is 3.15. The van der Waals surface area contributed by atoms with Crippen molar-refractivity contribution >= 4 is 5.69 Å². The van der Waals surface area contributed by atoms with Gasteiger partial charge in [-0.1, -0.05) is 0 Å². The maximum atomic E-state index is 4.15. The fraction of sp³-hybridized carbons (Fsp3) is 0.625. The summed E-state index contributed by atoms with van der Waals surface area (Å²) in [5.41, 5.74) is 1.24. The molecule has 0 amide bonds. The van der Waals surface area contributed by atoms with Crippen LogP contribution in [0.2, 0.25) is 0 Å². The number of aryl methyl sites for hydroxylation is 1. The first kappa shape index (κ1) is 7.61. The Hall–Kier alpha value is -1.03. The average Bonchev–Trinajstić information content (AvgIpc) is 2.54. The second-order valence-electron chi connectivity index (χ2n) is 3.11. The van der Waals surface area contributed by atoms with Gasteiger partial charge in [0.05, 0.1) is 11.9 Å². The van der Waals surface area contributed by atoms with E-state index < -0.39 is 0 Å². The van der Waals surface area contributed by atoms with Crippen LogP contribution >= 0.6 is 0 Å². The van der Waals surface area contributed by atoms with E-state index in [2.05, 4.69) is 21.5 Å². The molecule has 0 aliphatic carbocycles. The summed E-state index contributed by atoms with van der Waals surface area (Å²) in [5, 5.41) is 7.47. The molecule has 4 heteroatoms. The van der Waals surface area contributed by atoms with Gasteiger partial charge in [0.25, 0.3) is 0 Å². The van der Waals surface area contributed by atoms with Gasteiger partial charge >= 0.3 is 0 Å². The molecule has 66 valence electrons. The van der Waals surface area contributed by atoms with E-state index in [1.54, 1.807) is 0 Å². The van der Waals surface area contributed by atoms with Crippen molar-refractivity contribution in [3.63, 3.8) is 0 Å². The topological polar surface area (TPSA) is 33.1 Å². The largest absolute Gasteiger partial charge is 0.366 e. The molecule has 0 radical (unpaired) electrons. The van der Waals surface area contributed by atoms with Crippen LogP contribution in [0.25, 0.3) is 0 Å². The van der Waals surface area contributed by atoms with Gasteiger partial charge in [-0.15, -0.1) is 0 Å². The van der Waals surface area contributed by atoms with Gasteiger partial charge in [0.1, 0.15) is 0 Å². The number of anilines is 1. The molecule has 0 bridgehead atoms. The zero-order valence-electron chi connectivity index (χ0n) is 7.32. The van der Waals surface area contributed by atoms with Crippen molar-refractivity contribution in [3.8, 4) is 0 Å². The van der Waals surface area contributed by atoms with E-state index in [0.717, 1.165) is 26.2 Å². The number of hydrogen-bond donors (Lipinski definition) is 1. The molecule has 1 fully saturated rings. The van der Waals surface area contributed by atoms with Gasteiger partial charge in [-0.25, -0.2) is 0 Å². The van der Waals surface area contributed by atoms with Crippen molar-refractivity contribution in [3.05, 3.63) is 12.4 Å². The Morgan fingerprint density at radius 1 is 1.42 bits per heavy atom. The third-order valence-electron chi connectivity index (χ3n) is 2.17. The van der Waals surface area contributed by atoms with Crippen molar-refractivity contribution in [2.24, 2.45) is 7.05 Å². The van der Waals surface area contributed by atoms with Gasteiger partial charge in [0.2, 0.25) is 0 Å². The molecule has 1 aromatic rings. The van der Waals surface area contributed by atoms with E-state index in [4.69, 9.17) is 0 Å². The first-order valence-corrected chi connectivity index (χ1v) is 4.30. The molecule has 1 N–H and O–H groups in total. The smallest absolute Gasteiger partial charge is 0.0753 e. The summed E-state index contributed by atoms with van der Waals surface area (Å²) in [6.45, 7) is 4.33. The minimum Gasteiger partial charge on any atom is -0.366 e. The summed E-state index contributed by atoms with van der Waals surface area (Å²) in [6.07, 6.45) is 3.98. The van der Waals surface area contributed by atoms with Gasteiger partial charge in [-0.2, -0.15) is 5.10 Å². The fourth-order valence-electron chi connectivity index (χ4n) is 1.49. The first-order chi connectivity index (χ1) is 5.86. The monoisotopic (exact) mass is 166 g/mol. The predicted molar refractivity (Wildman–Crippen MR) is 48.3 cm³/mol. The molecule has 0 aromatic carbocycles. The minimum atomic E-state index is 1.08. The molecular formula is C8H14N4. The molecule has 0 spiro atoms. The van der Waals surface area contributed by atoms with Crippen LogP contribution in [0.5, 0.6) is 0 Å². The van der Waals surface area contributed by atoms with Crippen molar-refractivity contribution in [2.75, 3.05) is 31.1 Å². The molecular weight excluding hydrogens is 152 g/mol. The number of nitrogens with zero attached hydrogens (tertiary/aromatic N) is 3. The standard InChI is InChI=1S/C8H14N4/c1-11-7-8(6-10-11)12-4-2-9-3-5-12/h6-7,9H,2-5H2,1H3. The molecule has 4 nitrogen and oxygen atoms in total. The zero-order valence-corrected chi connectivity index (χ0v) is 7.32. The van der Waals surface area contributed by atoms with Crippen LogP contribution in [0, 0.1) is 0 Å². The molecule has 0 saturated carbocycles. The van der Waals surface area contributed by atoms with Crippen molar-refractivity contribution < 1.29 is 0 Å². The predicted octanol–water partition coefficient (Wildman–Crippen LogP) is -0.170. The van der Waals surface area contributed by atoms with Crippen molar-refractivity contribution in [1.82, 2.24) is 15.1 Å². The summed E-state index contributed by atoms with van der Waals surface area (Å²) in [7, 11) is 1.95. The van der Waals surface area contributed by atoms with Crippen molar-refractivity contribution in [1.29, 1.82) is 0 Å². The van der Waals surface area contributed by atoms with E-state index >= 15 is 0 Å². The zero-order chi connectivity index (χ0) is 8.39. The lowest BCUT2D eigenvalue weighted by atomic mass is 10.3. The van der Waals surface area contributed by atoms with E-state index in [-0.39, 0.29) is 0 Å². The Labute approximate surface area is 72.2 Å².